The highest BCUT2D eigenvalue weighted by Crippen LogP contribution is 2.24. The predicted molar refractivity (Wildman–Crippen MR) is 100 cm³/mol. The Bertz CT molecular complexity index is 720. The van der Waals surface area contributed by atoms with Gasteiger partial charge in [-0.2, -0.15) is 4.31 Å². The topological polar surface area (TPSA) is 83.6 Å². The van der Waals surface area contributed by atoms with Gasteiger partial charge in [0.05, 0.1) is 4.90 Å². The van der Waals surface area contributed by atoms with Crippen molar-refractivity contribution in [1.82, 2.24) is 9.62 Å². The van der Waals surface area contributed by atoms with Crippen LogP contribution >= 0.6 is 0 Å². The quantitative estimate of drug-likeness (QED) is 0.555. The fourth-order valence-electron chi connectivity index (χ4n) is 3.10. The molecule has 1 aromatic rings. The fourth-order valence-corrected chi connectivity index (χ4v) is 4.57. The molecule has 0 aromatic heterocycles. The van der Waals surface area contributed by atoms with E-state index < -0.39 is 10.0 Å². The molecule has 6 nitrogen and oxygen atoms in total. The van der Waals surface area contributed by atoms with Gasteiger partial charge in [0.25, 0.3) is 0 Å². The largest absolute Gasteiger partial charge is 0.356 e. The highest BCUT2D eigenvalue weighted by Gasteiger charge is 2.31. The molecule has 1 fully saturated rings. The molecule has 1 saturated heterocycles. The fraction of sp³-hybridized carbons (Fsp3) is 0.579. The standard InChI is InChI=1S/C19H28N2O4S/c1-3-4-5-12-20-19(23)17-10-13-21(14-11-17)26(24,25)18-8-6-16(7-9-18)15(2)22/h6-9,17H,3-5,10-14H2,1-2H3,(H,20,23). The molecule has 1 N–H and O–H groups in total. The van der Waals surface area contributed by atoms with Crippen molar-refractivity contribution in [2.75, 3.05) is 19.6 Å². The van der Waals surface area contributed by atoms with Crippen LogP contribution in [-0.2, 0) is 14.8 Å². The number of benzene rings is 1. The van der Waals surface area contributed by atoms with Gasteiger partial charge in [0, 0.05) is 31.1 Å². The molecule has 1 aliphatic heterocycles. The van der Waals surface area contributed by atoms with Crippen molar-refractivity contribution < 1.29 is 18.0 Å². The van der Waals surface area contributed by atoms with Crippen LogP contribution in [-0.4, -0.2) is 44.0 Å². The van der Waals surface area contributed by atoms with Crippen molar-refractivity contribution in [2.45, 2.75) is 50.8 Å². The summed E-state index contributed by atoms with van der Waals surface area (Å²) in [5.41, 5.74) is 0.488. The number of ketones is 1. The van der Waals surface area contributed by atoms with Gasteiger partial charge in [-0.3, -0.25) is 9.59 Å². The zero-order valence-electron chi connectivity index (χ0n) is 15.5. The molecule has 1 aliphatic rings. The van der Waals surface area contributed by atoms with E-state index in [-0.39, 0.29) is 22.5 Å². The maximum atomic E-state index is 12.7. The number of unbranched alkanes of at least 4 members (excludes halogenated alkanes) is 2. The maximum absolute atomic E-state index is 12.7. The van der Waals surface area contributed by atoms with Crippen molar-refractivity contribution in [2.24, 2.45) is 5.92 Å². The summed E-state index contributed by atoms with van der Waals surface area (Å²) in [4.78, 5) is 23.7. The van der Waals surface area contributed by atoms with Gasteiger partial charge in [-0.05, 0) is 38.3 Å². The van der Waals surface area contributed by atoms with Gasteiger partial charge in [-0.25, -0.2) is 8.42 Å². The van der Waals surface area contributed by atoms with Crippen LogP contribution in [0.25, 0.3) is 0 Å². The van der Waals surface area contributed by atoms with Crippen LogP contribution in [0.2, 0.25) is 0 Å². The van der Waals surface area contributed by atoms with E-state index in [4.69, 9.17) is 0 Å². The Morgan fingerprint density at radius 1 is 1.12 bits per heavy atom. The monoisotopic (exact) mass is 380 g/mol. The third kappa shape index (κ3) is 5.14. The second kappa shape index (κ2) is 9.28. The highest BCUT2D eigenvalue weighted by molar-refractivity contribution is 7.89. The molecular formula is C19H28N2O4S. The molecule has 7 heteroatoms. The van der Waals surface area contributed by atoms with E-state index in [0.717, 1.165) is 19.3 Å². The summed E-state index contributed by atoms with van der Waals surface area (Å²) >= 11 is 0. The third-order valence-electron chi connectivity index (χ3n) is 4.80. The van der Waals surface area contributed by atoms with Crippen LogP contribution in [0.5, 0.6) is 0 Å². The summed E-state index contributed by atoms with van der Waals surface area (Å²) in [6.45, 7) is 4.93. The lowest BCUT2D eigenvalue weighted by atomic mass is 9.97. The van der Waals surface area contributed by atoms with Crippen LogP contribution in [0.4, 0.5) is 0 Å². The number of sulfonamides is 1. The van der Waals surface area contributed by atoms with E-state index in [1.54, 1.807) is 0 Å². The summed E-state index contributed by atoms with van der Waals surface area (Å²) in [5, 5.41) is 2.95. The van der Waals surface area contributed by atoms with E-state index in [1.165, 1.54) is 35.5 Å². The molecule has 1 aromatic carbocycles. The number of rotatable bonds is 8. The Balaban J connectivity index is 1.91. The van der Waals surface area contributed by atoms with E-state index in [9.17, 15) is 18.0 Å². The van der Waals surface area contributed by atoms with E-state index in [1.807, 2.05) is 0 Å². The summed E-state index contributed by atoms with van der Waals surface area (Å²) < 4.78 is 26.9. The number of Topliss-reactive ketones (excluding diaryl/α,β-unsaturated/α-hetero) is 1. The Morgan fingerprint density at radius 3 is 2.27 bits per heavy atom. The van der Waals surface area contributed by atoms with Crippen molar-refractivity contribution in [3.05, 3.63) is 29.8 Å². The highest BCUT2D eigenvalue weighted by atomic mass is 32.2. The third-order valence-corrected chi connectivity index (χ3v) is 6.72. The van der Waals surface area contributed by atoms with Gasteiger partial charge in [0.1, 0.15) is 0 Å². The first-order valence-corrected chi connectivity index (χ1v) is 10.7. The first kappa shape index (κ1) is 20.6. The molecule has 0 spiro atoms. The van der Waals surface area contributed by atoms with Gasteiger partial charge in [0.15, 0.2) is 5.78 Å². The first-order chi connectivity index (χ1) is 12.4. The van der Waals surface area contributed by atoms with Crippen LogP contribution in [0, 0.1) is 5.92 Å². The molecule has 144 valence electrons. The second-order valence-electron chi connectivity index (χ2n) is 6.76. The molecule has 0 radical (unpaired) electrons. The predicted octanol–water partition coefficient (Wildman–Crippen LogP) is 2.60. The summed E-state index contributed by atoms with van der Waals surface area (Å²) in [6.07, 6.45) is 4.25. The molecule has 0 aliphatic carbocycles. The van der Waals surface area contributed by atoms with E-state index in [0.29, 0.717) is 38.0 Å². The second-order valence-corrected chi connectivity index (χ2v) is 8.69. The number of carbonyl (C=O) groups is 2. The van der Waals surface area contributed by atoms with Crippen molar-refractivity contribution in [1.29, 1.82) is 0 Å². The summed E-state index contributed by atoms with van der Waals surface area (Å²) in [7, 11) is -3.59. The molecular weight excluding hydrogens is 352 g/mol. The van der Waals surface area contributed by atoms with Gasteiger partial charge >= 0.3 is 0 Å². The van der Waals surface area contributed by atoms with E-state index >= 15 is 0 Å². The molecule has 0 unspecified atom stereocenters. The van der Waals surface area contributed by atoms with Crippen molar-refractivity contribution in [3.63, 3.8) is 0 Å². The van der Waals surface area contributed by atoms with Crippen LogP contribution < -0.4 is 5.32 Å². The smallest absolute Gasteiger partial charge is 0.243 e. The number of carbonyl (C=O) groups excluding carboxylic acids is 2. The molecule has 26 heavy (non-hydrogen) atoms. The molecule has 0 atom stereocenters. The first-order valence-electron chi connectivity index (χ1n) is 9.25. The van der Waals surface area contributed by atoms with Gasteiger partial charge in [-0.15, -0.1) is 0 Å². The minimum atomic E-state index is -3.59. The minimum Gasteiger partial charge on any atom is -0.356 e. The summed E-state index contributed by atoms with van der Waals surface area (Å²) in [5.74, 6) is -0.188. The van der Waals surface area contributed by atoms with Crippen LogP contribution in [0.3, 0.4) is 0 Å². The van der Waals surface area contributed by atoms with E-state index in [2.05, 4.69) is 12.2 Å². The molecule has 0 saturated carbocycles. The Labute approximate surface area is 156 Å². The lowest BCUT2D eigenvalue weighted by Gasteiger charge is -2.30. The van der Waals surface area contributed by atoms with Crippen LogP contribution in [0.1, 0.15) is 56.3 Å². The molecule has 0 bridgehead atoms. The number of nitrogens with one attached hydrogen (secondary N) is 1. The average molecular weight is 381 g/mol. The summed E-state index contributed by atoms with van der Waals surface area (Å²) in [6, 6.07) is 6.01. The van der Waals surface area contributed by atoms with Crippen molar-refractivity contribution in [3.8, 4) is 0 Å². The SMILES string of the molecule is CCCCCNC(=O)C1CCN(S(=O)(=O)c2ccc(C(C)=O)cc2)CC1. The average Bonchev–Trinajstić information content (AvgIpc) is 2.65. The number of hydrogen-bond donors (Lipinski definition) is 1. The molecule has 1 heterocycles. The number of nitrogens with zero attached hydrogens (tertiary/aromatic N) is 1. The normalized spacial score (nSPS) is 16.4. The van der Waals surface area contributed by atoms with Gasteiger partial charge < -0.3 is 5.32 Å². The van der Waals surface area contributed by atoms with Crippen molar-refractivity contribution >= 4 is 21.7 Å². The molecule has 2 rings (SSSR count). The zero-order chi connectivity index (χ0) is 19.2. The Hall–Kier alpha value is -1.73. The lowest BCUT2D eigenvalue weighted by Crippen LogP contribution is -2.43. The lowest BCUT2D eigenvalue weighted by molar-refractivity contribution is -0.126. The van der Waals surface area contributed by atoms with Gasteiger partial charge in [-0.1, -0.05) is 31.9 Å². The maximum Gasteiger partial charge on any atom is 0.243 e. The minimum absolute atomic E-state index is 0.0314. The Morgan fingerprint density at radius 2 is 1.73 bits per heavy atom. The zero-order valence-corrected chi connectivity index (χ0v) is 16.3. The van der Waals surface area contributed by atoms with Gasteiger partial charge in [0.2, 0.25) is 15.9 Å². The number of hydrogen-bond acceptors (Lipinski definition) is 4. The number of amides is 1. The number of piperidine rings is 1. The van der Waals surface area contributed by atoms with Crippen LogP contribution in [0.15, 0.2) is 29.2 Å². The molecule has 1 amide bonds. The Kier molecular flexibility index (Phi) is 7.34.